The first-order valence-corrected chi connectivity index (χ1v) is 4.14. The van der Waals surface area contributed by atoms with Crippen LogP contribution in [0.25, 0.3) is 0 Å². The summed E-state index contributed by atoms with van der Waals surface area (Å²) in [4.78, 5) is 0. The minimum atomic E-state index is -0.0314. The molecule has 0 amide bonds. The van der Waals surface area contributed by atoms with E-state index in [1.165, 1.54) is 6.07 Å². The zero-order chi connectivity index (χ0) is 9.68. The van der Waals surface area contributed by atoms with Gasteiger partial charge in [0, 0.05) is 6.07 Å². The highest BCUT2D eigenvalue weighted by atomic mass is 16.5. The second kappa shape index (κ2) is 4.36. The van der Waals surface area contributed by atoms with Crippen LogP contribution in [-0.4, -0.2) is 11.7 Å². The van der Waals surface area contributed by atoms with Crippen molar-refractivity contribution < 1.29 is 9.84 Å². The zero-order valence-electron chi connectivity index (χ0n) is 7.45. The van der Waals surface area contributed by atoms with Crippen LogP contribution in [0.4, 0.5) is 0 Å². The third kappa shape index (κ3) is 2.38. The van der Waals surface area contributed by atoms with Gasteiger partial charge in [0.25, 0.3) is 0 Å². The number of rotatable bonds is 3. The van der Waals surface area contributed by atoms with Gasteiger partial charge in [0.1, 0.15) is 17.6 Å². The second-order valence-corrected chi connectivity index (χ2v) is 2.64. The van der Waals surface area contributed by atoms with E-state index in [-0.39, 0.29) is 11.3 Å². The predicted molar refractivity (Wildman–Crippen MR) is 48.6 cm³/mol. The summed E-state index contributed by atoms with van der Waals surface area (Å²) in [5.74, 6) is 0.564. The van der Waals surface area contributed by atoms with Gasteiger partial charge >= 0.3 is 0 Å². The fourth-order valence-corrected chi connectivity index (χ4v) is 0.916. The van der Waals surface area contributed by atoms with Gasteiger partial charge in [-0.2, -0.15) is 5.26 Å². The normalized spacial score (nSPS) is 9.23. The van der Waals surface area contributed by atoms with Gasteiger partial charge in [0.2, 0.25) is 0 Å². The van der Waals surface area contributed by atoms with Crippen LogP contribution in [-0.2, 0) is 0 Å². The third-order valence-corrected chi connectivity index (χ3v) is 1.56. The van der Waals surface area contributed by atoms with Crippen LogP contribution in [0.15, 0.2) is 18.2 Å². The van der Waals surface area contributed by atoms with E-state index in [1.54, 1.807) is 12.1 Å². The fourth-order valence-electron chi connectivity index (χ4n) is 0.916. The Hall–Kier alpha value is -1.69. The zero-order valence-corrected chi connectivity index (χ0v) is 7.45. The van der Waals surface area contributed by atoms with Gasteiger partial charge in [-0.3, -0.25) is 0 Å². The second-order valence-electron chi connectivity index (χ2n) is 2.64. The van der Waals surface area contributed by atoms with Crippen molar-refractivity contribution >= 4 is 0 Å². The molecule has 0 saturated carbocycles. The van der Waals surface area contributed by atoms with Crippen molar-refractivity contribution in [2.45, 2.75) is 13.3 Å². The van der Waals surface area contributed by atoms with Crippen molar-refractivity contribution in [3.8, 4) is 17.6 Å². The maximum atomic E-state index is 9.29. The molecule has 0 radical (unpaired) electrons. The van der Waals surface area contributed by atoms with E-state index in [0.29, 0.717) is 12.4 Å². The SMILES string of the molecule is CCCOc1ccc(C#N)c(O)c1. The first-order valence-electron chi connectivity index (χ1n) is 4.14. The highest BCUT2D eigenvalue weighted by molar-refractivity contribution is 5.46. The number of ether oxygens (including phenoxy) is 1. The van der Waals surface area contributed by atoms with E-state index in [1.807, 2.05) is 13.0 Å². The average molecular weight is 177 g/mol. The lowest BCUT2D eigenvalue weighted by atomic mass is 10.2. The van der Waals surface area contributed by atoms with Crippen LogP contribution in [0.5, 0.6) is 11.5 Å². The maximum absolute atomic E-state index is 9.29. The molecule has 1 rings (SSSR count). The number of hydrogen-bond donors (Lipinski definition) is 1. The van der Waals surface area contributed by atoms with Crippen molar-refractivity contribution in [2.24, 2.45) is 0 Å². The molecule has 0 aliphatic carbocycles. The van der Waals surface area contributed by atoms with Crippen LogP contribution < -0.4 is 4.74 Å². The van der Waals surface area contributed by atoms with Gasteiger partial charge in [-0.1, -0.05) is 6.92 Å². The Labute approximate surface area is 77.2 Å². The molecule has 0 heterocycles. The summed E-state index contributed by atoms with van der Waals surface area (Å²) < 4.78 is 5.27. The van der Waals surface area contributed by atoms with E-state index < -0.39 is 0 Å². The molecule has 68 valence electrons. The number of benzene rings is 1. The first kappa shape index (κ1) is 9.40. The van der Waals surface area contributed by atoms with Crippen molar-refractivity contribution in [3.05, 3.63) is 23.8 Å². The summed E-state index contributed by atoms with van der Waals surface area (Å²) in [6.45, 7) is 2.62. The summed E-state index contributed by atoms with van der Waals surface area (Å²) in [6, 6.07) is 6.54. The highest BCUT2D eigenvalue weighted by Crippen LogP contribution is 2.22. The molecular formula is C10H11NO2. The molecule has 0 aromatic heterocycles. The number of hydrogen-bond acceptors (Lipinski definition) is 3. The lowest BCUT2D eigenvalue weighted by Gasteiger charge is -2.04. The Kier molecular flexibility index (Phi) is 3.15. The molecule has 0 unspecified atom stereocenters. The van der Waals surface area contributed by atoms with Crippen LogP contribution in [0, 0.1) is 11.3 Å². The Morgan fingerprint density at radius 3 is 2.85 bits per heavy atom. The Morgan fingerprint density at radius 2 is 2.31 bits per heavy atom. The Morgan fingerprint density at radius 1 is 1.54 bits per heavy atom. The molecule has 0 saturated heterocycles. The smallest absolute Gasteiger partial charge is 0.137 e. The quantitative estimate of drug-likeness (QED) is 0.768. The third-order valence-electron chi connectivity index (χ3n) is 1.56. The summed E-state index contributed by atoms with van der Waals surface area (Å²) in [5.41, 5.74) is 0.267. The molecule has 0 fully saturated rings. The summed E-state index contributed by atoms with van der Waals surface area (Å²) >= 11 is 0. The van der Waals surface area contributed by atoms with Crippen molar-refractivity contribution in [3.63, 3.8) is 0 Å². The van der Waals surface area contributed by atoms with Crippen LogP contribution >= 0.6 is 0 Å². The molecule has 1 aromatic rings. The lowest BCUT2D eigenvalue weighted by molar-refractivity contribution is 0.315. The Bertz CT molecular complexity index is 328. The minimum Gasteiger partial charge on any atom is -0.506 e. The van der Waals surface area contributed by atoms with Crippen LogP contribution in [0.3, 0.4) is 0 Å². The topological polar surface area (TPSA) is 53.2 Å². The highest BCUT2D eigenvalue weighted by Gasteiger charge is 2.01. The standard InChI is InChI=1S/C10H11NO2/c1-2-5-13-9-4-3-8(7-11)10(12)6-9/h3-4,6,12H,2,5H2,1H3. The van der Waals surface area contributed by atoms with Gasteiger partial charge in [-0.05, 0) is 18.6 Å². The molecule has 13 heavy (non-hydrogen) atoms. The summed E-state index contributed by atoms with van der Waals surface area (Å²) in [7, 11) is 0. The van der Waals surface area contributed by atoms with Gasteiger partial charge < -0.3 is 9.84 Å². The molecule has 0 atom stereocenters. The van der Waals surface area contributed by atoms with Crippen molar-refractivity contribution in [1.29, 1.82) is 5.26 Å². The molecule has 3 heteroatoms. The summed E-state index contributed by atoms with van der Waals surface area (Å²) in [6.07, 6.45) is 0.917. The largest absolute Gasteiger partial charge is 0.506 e. The molecule has 0 spiro atoms. The van der Waals surface area contributed by atoms with E-state index in [4.69, 9.17) is 10.00 Å². The van der Waals surface area contributed by atoms with Crippen molar-refractivity contribution in [2.75, 3.05) is 6.61 Å². The number of nitrogens with zero attached hydrogens (tertiary/aromatic N) is 1. The van der Waals surface area contributed by atoms with Crippen LogP contribution in [0.1, 0.15) is 18.9 Å². The van der Waals surface area contributed by atoms with Crippen molar-refractivity contribution in [1.82, 2.24) is 0 Å². The van der Waals surface area contributed by atoms with E-state index in [2.05, 4.69) is 0 Å². The monoisotopic (exact) mass is 177 g/mol. The van der Waals surface area contributed by atoms with Crippen LogP contribution in [0.2, 0.25) is 0 Å². The van der Waals surface area contributed by atoms with E-state index in [0.717, 1.165) is 6.42 Å². The minimum absolute atomic E-state index is 0.0314. The number of nitriles is 1. The number of phenolic OH excluding ortho intramolecular Hbond substituents is 1. The molecule has 0 bridgehead atoms. The molecule has 0 aliphatic rings. The first-order chi connectivity index (χ1) is 6.27. The molecular weight excluding hydrogens is 166 g/mol. The van der Waals surface area contributed by atoms with Gasteiger partial charge in [-0.15, -0.1) is 0 Å². The van der Waals surface area contributed by atoms with Gasteiger partial charge in [0.05, 0.1) is 12.2 Å². The Balaban J connectivity index is 2.79. The number of aromatic hydroxyl groups is 1. The van der Waals surface area contributed by atoms with Gasteiger partial charge in [0.15, 0.2) is 0 Å². The molecule has 0 aliphatic heterocycles. The van der Waals surface area contributed by atoms with E-state index >= 15 is 0 Å². The number of phenols is 1. The molecule has 1 aromatic carbocycles. The maximum Gasteiger partial charge on any atom is 0.137 e. The molecule has 1 N–H and O–H groups in total. The van der Waals surface area contributed by atoms with Gasteiger partial charge in [-0.25, -0.2) is 0 Å². The predicted octanol–water partition coefficient (Wildman–Crippen LogP) is 2.05. The van der Waals surface area contributed by atoms with E-state index in [9.17, 15) is 5.11 Å². The summed E-state index contributed by atoms with van der Waals surface area (Å²) in [5, 5.41) is 17.8. The fraction of sp³-hybridized carbons (Fsp3) is 0.300. The average Bonchev–Trinajstić information content (AvgIpc) is 2.15. The molecule has 3 nitrogen and oxygen atoms in total. The lowest BCUT2D eigenvalue weighted by Crippen LogP contribution is -1.94.